The monoisotopic (exact) mass is 309 g/mol. The van der Waals surface area contributed by atoms with Gasteiger partial charge in [0.1, 0.15) is 12.4 Å². The third-order valence-corrected chi connectivity index (χ3v) is 4.72. The predicted molar refractivity (Wildman–Crippen MR) is 86.1 cm³/mol. The Morgan fingerprint density at radius 1 is 1.38 bits per heavy atom. The van der Waals surface area contributed by atoms with Crippen LogP contribution in [0.1, 0.15) is 55.4 Å². The van der Waals surface area contributed by atoms with Crippen LogP contribution in [0.2, 0.25) is 0 Å². The third kappa shape index (κ3) is 3.91. The van der Waals surface area contributed by atoms with E-state index in [-0.39, 0.29) is 16.7 Å². The molecule has 0 saturated carbocycles. The minimum absolute atomic E-state index is 0.0860. The molecule has 21 heavy (non-hydrogen) atoms. The highest BCUT2D eigenvalue weighted by Gasteiger charge is 2.25. The second-order valence-electron chi connectivity index (χ2n) is 6.83. The number of benzene rings is 1. The topological polar surface area (TPSA) is 38.3 Å². The third-order valence-electron chi connectivity index (χ3n) is 4.29. The van der Waals surface area contributed by atoms with Gasteiger partial charge >= 0.3 is 0 Å². The van der Waals surface area contributed by atoms with Crippen LogP contribution in [-0.4, -0.2) is 19.1 Å². The molecule has 4 heteroatoms. The Balaban J connectivity index is 2.19. The first-order valence-electron chi connectivity index (χ1n) is 7.48. The highest BCUT2D eigenvalue weighted by molar-refractivity contribution is 6.20. The van der Waals surface area contributed by atoms with E-state index in [4.69, 9.17) is 16.3 Å². The first kappa shape index (κ1) is 16.2. The number of nitrogens with one attached hydrogen (secondary N) is 1. The lowest BCUT2D eigenvalue weighted by Gasteiger charge is -2.29. The fourth-order valence-electron chi connectivity index (χ4n) is 2.27. The maximum Gasteiger partial charge on any atom is 0.255 e. The summed E-state index contributed by atoms with van der Waals surface area (Å²) in [5, 5.41) is 2.73. The van der Waals surface area contributed by atoms with Gasteiger partial charge in [0.15, 0.2) is 0 Å². The zero-order valence-electron chi connectivity index (χ0n) is 13.2. The standard InChI is InChI=1S/C17H24ClNO2/c1-11(17(2,3)4)9-14(18)12-5-6-15-13(10-12)16(20)19-7-8-21-15/h5-6,10-11,14H,7-9H2,1-4H3,(H,19,20). The van der Waals surface area contributed by atoms with E-state index >= 15 is 0 Å². The largest absolute Gasteiger partial charge is 0.491 e. The molecule has 0 aromatic heterocycles. The summed E-state index contributed by atoms with van der Waals surface area (Å²) >= 11 is 6.57. The van der Waals surface area contributed by atoms with E-state index in [1.165, 1.54) is 0 Å². The lowest BCUT2D eigenvalue weighted by atomic mass is 9.79. The number of hydrogen-bond acceptors (Lipinski definition) is 2. The summed E-state index contributed by atoms with van der Waals surface area (Å²) in [6, 6.07) is 5.68. The first-order chi connectivity index (χ1) is 9.79. The molecule has 2 atom stereocenters. The van der Waals surface area contributed by atoms with Gasteiger partial charge in [-0.1, -0.05) is 33.8 Å². The van der Waals surface area contributed by atoms with Crippen molar-refractivity contribution >= 4 is 17.5 Å². The number of alkyl halides is 1. The molecule has 1 aliphatic heterocycles. The van der Waals surface area contributed by atoms with Gasteiger partial charge in [-0.15, -0.1) is 11.6 Å². The molecule has 1 aromatic carbocycles. The van der Waals surface area contributed by atoms with Gasteiger partial charge in [0.25, 0.3) is 5.91 Å². The zero-order valence-corrected chi connectivity index (χ0v) is 14.0. The zero-order chi connectivity index (χ0) is 15.6. The average Bonchev–Trinajstić information content (AvgIpc) is 2.59. The van der Waals surface area contributed by atoms with E-state index < -0.39 is 0 Å². The fourth-order valence-corrected chi connectivity index (χ4v) is 2.67. The van der Waals surface area contributed by atoms with E-state index in [1.54, 1.807) is 0 Å². The quantitative estimate of drug-likeness (QED) is 0.851. The minimum Gasteiger partial charge on any atom is -0.491 e. The van der Waals surface area contributed by atoms with Gasteiger partial charge in [0, 0.05) is 0 Å². The SMILES string of the molecule is CC(CC(Cl)c1ccc2c(c1)C(=O)NCCO2)C(C)(C)C. The Hall–Kier alpha value is -1.22. The van der Waals surface area contributed by atoms with Crippen LogP contribution in [0.4, 0.5) is 0 Å². The average molecular weight is 310 g/mol. The molecule has 1 amide bonds. The summed E-state index contributed by atoms with van der Waals surface area (Å²) in [5.41, 5.74) is 1.78. The number of halogens is 1. The van der Waals surface area contributed by atoms with E-state index in [2.05, 4.69) is 33.0 Å². The Bertz CT molecular complexity index is 522. The molecular weight excluding hydrogens is 286 g/mol. The molecule has 116 valence electrons. The molecule has 0 saturated heterocycles. The van der Waals surface area contributed by atoms with E-state index in [0.717, 1.165) is 12.0 Å². The molecule has 1 aliphatic rings. The van der Waals surface area contributed by atoms with Crippen LogP contribution in [0.5, 0.6) is 5.75 Å². The molecule has 2 rings (SSSR count). The van der Waals surface area contributed by atoms with Gasteiger partial charge in [-0.3, -0.25) is 4.79 Å². The minimum atomic E-state index is -0.0967. The number of carbonyl (C=O) groups is 1. The molecule has 1 aromatic rings. The van der Waals surface area contributed by atoms with Crippen molar-refractivity contribution in [3.8, 4) is 5.75 Å². The maximum absolute atomic E-state index is 12.0. The van der Waals surface area contributed by atoms with E-state index in [0.29, 0.717) is 30.4 Å². The van der Waals surface area contributed by atoms with Crippen LogP contribution in [-0.2, 0) is 0 Å². The lowest BCUT2D eigenvalue weighted by Crippen LogP contribution is -2.24. The molecule has 3 nitrogen and oxygen atoms in total. The molecule has 0 bridgehead atoms. The Morgan fingerprint density at radius 3 is 2.76 bits per heavy atom. The van der Waals surface area contributed by atoms with Crippen molar-refractivity contribution in [1.82, 2.24) is 5.32 Å². The first-order valence-corrected chi connectivity index (χ1v) is 7.91. The van der Waals surface area contributed by atoms with Gasteiger partial charge in [0.2, 0.25) is 0 Å². The van der Waals surface area contributed by atoms with Crippen LogP contribution in [0.3, 0.4) is 0 Å². The van der Waals surface area contributed by atoms with Crippen LogP contribution in [0.15, 0.2) is 18.2 Å². The smallest absolute Gasteiger partial charge is 0.255 e. The van der Waals surface area contributed by atoms with E-state index in [9.17, 15) is 4.79 Å². The highest BCUT2D eigenvalue weighted by Crippen LogP contribution is 2.37. The molecule has 0 radical (unpaired) electrons. The normalized spacial score (nSPS) is 18.0. The van der Waals surface area contributed by atoms with Crippen LogP contribution in [0, 0.1) is 11.3 Å². The van der Waals surface area contributed by atoms with Crippen molar-refractivity contribution in [3.63, 3.8) is 0 Å². The molecule has 2 unspecified atom stereocenters. The molecule has 0 aliphatic carbocycles. The molecule has 1 N–H and O–H groups in total. The number of amides is 1. The highest BCUT2D eigenvalue weighted by atomic mass is 35.5. The van der Waals surface area contributed by atoms with Gasteiger partial charge in [0.05, 0.1) is 17.5 Å². The van der Waals surface area contributed by atoms with Crippen LogP contribution < -0.4 is 10.1 Å². The van der Waals surface area contributed by atoms with Crippen molar-refractivity contribution in [2.75, 3.05) is 13.2 Å². The number of carbonyl (C=O) groups excluding carboxylic acids is 1. The van der Waals surface area contributed by atoms with Gasteiger partial charge < -0.3 is 10.1 Å². The van der Waals surface area contributed by atoms with Crippen molar-refractivity contribution in [3.05, 3.63) is 29.3 Å². The predicted octanol–water partition coefficient (Wildman–Crippen LogP) is 4.16. The summed E-state index contributed by atoms with van der Waals surface area (Å²) in [5.74, 6) is 1.04. The fraction of sp³-hybridized carbons (Fsp3) is 0.588. The van der Waals surface area contributed by atoms with Crippen molar-refractivity contribution in [2.45, 2.75) is 39.5 Å². The number of ether oxygens (including phenoxy) is 1. The molecule has 0 fully saturated rings. The van der Waals surface area contributed by atoms with Crippen molar-refractivity contribution < 1.29 is 9.53 Å². The van der Waals surface area contributed by atoms with Crippen LogP contribution in [0.25, 0.3) is 0 Å². The second-order valence-corrected chi connectivity index (χ2v) is 7.36. The lowest BCUT2D eigenvalue weighted by molar-refractivity contribution is 0.0957. The summed E-state index contributed by atoms with van der Waals surface area (Å²) in [7, 11) is 0. The maximum atomic E-state index is 12.0. The van der Waals surface area contributed by atoms with Gasteiger partial charge in [-0.25, -0.2) is 0 Å². The number of fused-ring (bicyclic) bond motifs is 1. The van der Waals surface area contributed by atoms with Gasteiger partial charge in [-0.2, -0.15) is 0 Å². The number of hydrogen-bond donors (Lipinski definition) is 1. The molecule has 0 spiro atoms. The van der Waals surface area contributed by atoms with Crippen molar-refractivity contribution in [1.29, 1.82) is 0 Å². The molecule has 1 heterocycles. The summed E-state index contributed by atoms with van der Waals surface area (Å²) < 4.78 is 5.56. The summed E-state index contributed by atoms with van der Waals surface area (Å²) in [6.45, 7) is 9.92. The van der Waals surface area contributed by atoms with Crippen LogP contribution >= 0.6 is 11.6 Å². The summed E-state index contributed by atoms with van der Waals surface area (Å²) in [4.78, 5) is 12.0. The van der Waals surface area contributed by atoms with E-state index in [1.807, 2.05) is 18.2 Å². The Kier molecular flexibility index (Phi) is 4.82. The summed E-state index contributed by atoms with van der Waals surface area (Å²) in [6.07, 6.45) is 0.881. The number of rotatable bonds is 3. The second kappa shape index (κ2) is 6.27. The molecular formula is C17H24ClNO2. The van der Waals surface area contributed by atoms with Gasteiger partial charge in [-0.05, 0) is 35.4 Å². The Morgan fingerprint density at radius 2 is 2.10 bits per heavy atom. The van der Waals surface area contributed by atoms with Crippen molar-refractivity contribution in [2.24, 2.45) is 11.3 Å². The Labute approximate surface area is 132 Å².